The van der Waals surface area contributed by atoms with Crippen molar-refractivity contribution in [2.24, 2.45) is 0 Å². The van der Waals surface area contributed by atoms with E-state index in [4.69, 9.17) is 9.15 Å². The largest absolute Gasteiger partial charge is 0.484 e. The van der Waals surface area contributed by atoms with E-state index in [1.807, 2.05) is 30.3 Å². The first kappa shape index (κ1) is 15.5. The number of aryl methyl sites for hydroxylation is 1. The summed E-state index contributed by atoms with van der Waals surface area (Å²) in [5.74, 6) is 1.69. The van der Waals surface area contributed by atoms with Gasteiger partial charge in [0, 0.05) is 18.9 Å². The molecule has 0 spiro atoms. The van der Waals surface area contributed by atoms with Crippen molar-refractivity contribution in [2.75, 3.05) is 0 Å². The number of para-hydroxylation sites is 1. The maximum absolute atomic E-state index is 11.9. The summed E-state index contributed by atoms with van der Waals surface area (Å²) in [6, 6.07) is 9.80. The maximum atomic E-state index is 11.9. The molecule has 1 aliphatic rings. The van der Waals surface area contributed by atoms with Crippen LogP contribution in [0.5, 0.6) is 5.75 Å². The Kier molecular flexibility index (Phi) is 5.24. The van der Waals surface area contributed by atoms with E-state index in [0.29, 0.717) is 30.7 Å². The molecule has 122 valence electrons. The van der Waals surface area contributed by atoms with Gasteiger partial charge < -0.3 is 14.5 Å². The van der Waals surface area contributed by atoms with Crippen LogP contribution < -0.4 is 10.1 Å². The van der Waals surface area contributed by atoms with Gasteiger partial charge in [-0.2, -0.15) is 0 Å². The van der Waals surface area contributed by atoms with Crippen LogP contribution in [0.1, 0.15) is 43.9 Å². The lowest BCUT2D eigenvalue weighted by Crippen LogP contribution is -2.32. The number of aromatic nitrogens is 2. The van der Waals surface area contributed by atoms with Gasteiger partial charge >= 0.3 is 0 Å². The summed E-state index contributed by atoms with van der Waals surface area (Å²) in [6.07, 6.45) is 5.42. The number of rotatable bonds is 7. The second-order valence-corrected chi connectivity index (χ2v) is 5.74. The molecule has 3 rings (SSSR count). The molecule has 0 atom stereocenters. The molecule has 1 aliphatic carbocycles. The summed E-state index contributed by atoms with van der Waals surface area (Å²) >= 11 is 0. The van der Waals surface area contributed by atoms with Crippen molar-refractivity contribution in [3.8, 4) is 5.75 Å². The minimum atomic E-state index is 0.0529. The highest BCUT2D eigenvalue weighted by atomic mass is 16.5. The van der Waals surface area contributed by atoms with Crippen LogP contribution in [0.25, 0.3) is 0 Å². The van der Waals surface area contributed by atoms with Gasteiger partial charge in [-0.05, 0) is 25.0 Å². The quantitative estimate of drug-likeness (QED) is 0.850. The van der Waals surface area contributed by atoms with Crippen molar-refractivity contribution >= 4 is 5.91 Å². The summed E-state index contributed by atoms with van der Waals surface area (Å²) in [6.45, 7) is 0.227. The summed E-state index contributed by atoms with van der Waals surface area (Å²) in [5.41, 5.74) is 0. The van der Waals surface area contributed by atoms with Gasteiger partial charge in [-0.15, -0.1) is 10.2 Å². The van der Waals surface area contributed by atoms with E-state index in [0.717, 1.165) is 18.6 Å². The molecule has 1 aromatic heterocycles. The average molecular weight is 315 g/mol. The third-order valence-corrected chi connectivity index (χ3v) is 3.90. The average Bonchev–Trinajstić information content (AvgIpc) is 3.24. The zero-order valence-electron chi connectivity index (χ0n) is 13.0. The van der Waals surface area contributed by atoms with E-state index >= 15 is 0 Å². The van der Waals surface area contributed by atoms with Crippen molar-refractivity contribution in [1.82, 2.24) is 15.5 Å². The zero-order chi connectivity index (χ0) is 15.9. The van der Waals surface area contributed by atoms with Gasteiger partial charge in [0.25, 0.3) is 5.89 Å². The summed E-state index contributed by atoms with van der Waals surface area (Å²) < 4.78 is 11.0. The smallest absolute Gasteiger partial charge is 0.253 e. The predicted molar refractivity (Wildman–Crippen MR) is 83.8 cm³/mol. The summed E-state index contributed by atoms with van der Waals surface area (Å²) in [5, 5.41) is 10.9. The molecule has 6 nitrogen and oxygen atoms in total. The van der Waals surface area contributed by atoms with Crippen molar-refractivity contribution in [1.29, 1.82) is 0 Å². The molecule has 0 bridgehead atoms. The van der Waals surface area contributed by atoms with E-state index in [-0.39, 0.29) is 12.5 Å². The molecule has 1 N–H and O–H groups in total. The fourth-order valence-corrected chi connectivity index (χ4v) is 2.70. The molecule has 1 fully saturated rings. The normalized spacial score (nSPS) is 14.8. The minimum Gasteiger partial charge on any atom is -0.484 e. The van der Waals surface area contributed by atoms with E-state index in [1.54, 1.807) is 0 Å². The van der Waals surface area contributed by atoms with Crippen LogP contribution in [-0.4, -0.2) is 22.1 Å². The van der Waals surface area contributed by atoms with Crippen molar-refractivity contribution in [2.45, 2.75) is 51.2 Å². The molecule has 1 heterocycles. The fraction of sp³-hybridized carbons (Fsp3) is 0.471. The van der Waals surface area contributed by atoms with Crippen LogP contribution in [0.3, 0.4) is 0 Å². The van der Waals surface area contributed by atoms with Gasteiger partial charge in [-0.25, -0.2) is 0 Å². The Morgan fingerprint density at radius 1 is 1.17 bits per heavy atom. The Bertz CT molecular complexity index is 621. The molecule has 0 unspecified atom stereocenters. The van der Waals surface area contributed by atoms with Crippen LogP contribution >= 0.6 is 0 Å². The Morgan fingerprint density at radius 3 is 2.70 bits per heavy atom. The van der Waals surface area contributed by atoms with Crippen molar-refractivity contribution in [3.05, 3.63) is 42.1 Å². The predicted octanol–water partition coefficient (Wildman–Crippen LogP) is 2.64. The Morgan fingerprint density at radius 2 is 1.91 bits per heavy atom. The highest BCUT2D eigenvalue weighted by molar-refractivity contribution is 5.76. The molecule has 1 aromatic carbocycles. The van der Waals surface area contributed by atoms with E-state index in [9.17, 15) is 4.79 Å². The van der Waals surface area contributed by atoms with Crippen LogP contribution in [0.2, 0.25) is 0 Å². The van der Waals surface area contributed by atoms with Crippen molar-refractivity contribution in [3.63, 3.8) is 0 Å². The lowest BCUT2D eigenvalue weighted by Gasteiger charge is -2.10. The third kappa shape index (κ3) is 4.81. The van der Waals surface area contributed by atoms with E-state index < -0.39 is 0 Å². The van der Waals surface area contributed by atoms with Gasteiger partial charge in [0.2, 0.25) is 11.8 Å². The first-order valence-corrected chi connectivity index (χ1v) is 8.08. The molecule has 23 heavy (non-hydrogen) atoms. The van der Waals surface area contributed by atoms with Gasteiger partial charge in [0.05, 0.1) is 0 Å². The molecule has 1 saturated carbocycles. The monoisotopic (exact) mass is 315 g/mol. The minimum absolute atomic E-state index is 0.0529. The van der Waals surface area contributed by atoms with E-state index in [1.165, 1.54) is 12.8 Å². The first-order chi connectivity index (χ1) is 11.3. The molecular formula is C17H21N3O3. The number of amides is 1. The maximum Gasteiger partial charge on any atom is 0.253 e. The number of nitrogens with one attached hydrogen (secondary N) is 1. The van der Waals surface area contributed by atoms with Crippen molar-refractivity contribution < 1.29 is 13.9 Å². The number of ether oxygens (including phenoxy) is 1. The standard InChI is InChI=1S/C17H21N3O3/c21-15(18-13-6-4-5-7-13)10-11-16-19-20-17(23-16)12-22-14-8-2-1-3-9-14/h1-3,8-9,13H,4-7,10-12H2,(H,18,21). The number of nitrogens with zero attached hydrogens (tertiary/aromatic N) is 2. The van der Waals surface area contributed by atoms with Gasteiger partial charge in [-0.1, -0.05) is 31.0 Å². The Labute approximate surface area is 135 Å². The number of benzene rings is 1. The molecule has 1 amide bonds. The molecule has 6 heteroatoms. The van der Waals surface area contributed by atoms with Crippen LogP contribution in [0.4, 0.5) is 0 Å². The Hall–Kier alpha value is -2.37. The second-order valence-electron chi connectivity index (χ2n) is 5.74. The Balaban J connectivity index is 1.41. The molecule has 0 radical (unpaired) electrons. The van der Waals surface area contributed by atoms with Crippen LogP contribution in [0.15, 0.2) is 34.7 Å². The number of carbonyl (C=O) groups excluding carboxylic acids is 1. The van der Waals surface area contributed by atoms with Crippen LogP contribution in [0, 0.1) is 0 Å². The van der Waals surface area contributed by atoms with E-state index in [2.05, 4.69) is 15.5 Å². The lowest BCUT2D eigenvalue weighted by atomic mass is 10.2. The van der Waals surface area contributed by atoms with Crippen LogP contribution in [-0.2, 0) is 17.8 Å². The number of hydrogen-bond acceptors (Lipinski definition) is 5. The summed E-state index contributed by atoms with van der Waals surface area (Å²) in [4.78, 5) is 11.9. The topological polar surface area (TPSA) is 77.2 Å². The first-order valence-electron chi connectivity index (χ1n) is 8.08. The van der Waals surface area contributed by atoms with Gasteiger partial charge in [0.1, 0.15) is 5.75 Å². The van der Waals surface area contributed by atoms with Gasteiger partial charge in [-0.3, -0.25) is 4.79 Å². The second kappa shape index (κ2) is 7.76. The highest BCUT2D eigenvalue weighted by Crippen LogP contribution is 2.17. The molecule has 0 aliphatic heterocycles. The third-order valence-electron chi connectivity index (χ3n) is 3.90. The molecule has 2 aromatic rings. The SMILES string of the molecule is O=C(CCc1nnc(COc2ccccc2)o1)NC1CCCC1. The number of carbonyl (C=O) groups is 1. The zero-order valence-corrected chi connectivity index (χ0v) is 13.0. The van der Waals surface area contributed by atoms with Gasteiger partial charge in [0.15, 0.2) is 6.61 Å². The lowest BCUT2D eigenvalue weighted by molar-refractivity contribution is -0.121. The fourth-order valence-electron chi connectivity index (χ4n) is 2.70. The molecular weight excluding hydrogens is 294 g/mol. The summed E-state index contributed by atoms with van der Waals surface area (Å²) in [7, 11) is 0. The highest BCUT2D eigenvalue weighted by Gasteiger charge is 2.17. The molecule has 0 saturated heterocycles. The number of hydrogen-bond donors (Lipinski definition) is 1.